The molecule has 26 heavy (non-hydrogen) atoms. The quantitative estimate of drug-likeness (QED) is 0.630. The van der Waals surface area contributed by atoms with Crippen molar-refractivity contribution < 1.29 is 4.79 Å². The van der Waals surface area contributed by atoms with E-state index in [1.165, 1.54) is 12.5 Å². The molecule has 2 aromatic heterocycles. The minimum atomic E-state index is -0.716. The van der Waals surface area contributed by atoms with E-state index in [-0.39, 0.29) is 27.1 Å². The standard InChI is InChI=1S/C16H10BrCl2N5O2/c17-8-4-10(18)13(11(19)5-8)24-7-22-14(20)12(16(24)26)15(25)23-9-2-1-3-21-6-9/h1-7H,20H2,(H,23,25). The largest absolute Gasteiger partial charge is 0.383 e. The molecule has 132 valence electrons. The molecule has 0 atom stereocenters. The summed E-state index contributed by atoms with van der Waals surface area (Å²) in [6.07, 6.45) is 4.16. The summed E-state index contributed by atoms with van der Waals surface area (Å²) in [6.45, 7) is 0. The van der Waals surface area contributed by atoms with Crippen molar-refractivity contribution in [1.29, 1.82) is 0 Å². The minimum Gasteiger partial charge on any atom is -0.383 e. The van der Waals surface area contributed by atoms with Crippen LogP contribution in [-0.4, -0.2) is 20.4 Å². The van der Waals surface area contributed by atoms with Crippen molar-refractivity contribution in [3.63, 3.8) is 0 Å². The van der Waals surface area contributed by atoms with Gasteiger partial charge >= 0.3 is 0 Å². The average molecular weight is 455 g/mol. The van der Waals surface area contributed by atoms with E-state index >= 15 is 0 Å². The number of nitrogens with zero attached hydrogens (tertiary/aromatic N) is 3. The molecule has 0 saturated heterocycles. The zero-order valence-corrected chi connectivity index (χ0v) is 16.0. The number of pyridine rings is 1. The van der Waals surface area contributed by atoms with Gasteiger partial charge in [-0.15, -0.1) is 0 Å². The lowest BCUT2D eigenvalue weighted by Crippen LogP contribution is -2.31. The normalized spacial score (nSPS) is 10.6. The Morgan fingerprint density at radius 3 is 2.58 bits per heavy atom. The molecule has 0 unspecified atom stereocenters. The topological polar surface area (TPSA) is 103 Å². The van der Waals surface area contributed by atoms with E-state index in [0.29, 0.717) is 10.2 Å². The first-order valence-electron chi connectivity index (χ1n) is 7.12. The average Bonchev–Trinajstić information content (AvgIpc) is 2.57. The van der Waals surface area contributed by atoms with Gasteiger partial charge in [0.2, 0.25) is 0 Å². The molecule has 10 heteroatoms. The molecule has 0 fully saturated rings. The number of carbonyl (C=O) groups is 1. The molecule has 0 aliphatic carbocycles. The van der Waals surface area contributed by atoms with Crippen LogP contribution in [0, 0.1) is 0 Å². The first kappa shape index (κ1) is 18.4. The van der Waals surface area contributed by atoms with E-state index in [0.717, 1.165) is 4.57 Å². The monoisotopic (exact) mass is 453 g/mol. The van der Waals surface area contributed by atoms with Crippen LogP contribution in [0.25, 0.3) is 5.69 Å². The number of aromatic nitrogens is 3. The Bertz CT molecular complexity index is 1030. The van der Waals surface area contributed by atoms with Crippen LogP contribution >= 0.6 is 39.1 Å². The lowest BCUT2D eigenvalue weighted by Gasteiger charge is -2.13. The third-order valence-electron chi connectivity index (χ3n) is 3.37. The molecule has 0 aliphatic rings. The van der Waals surface area contributed by atoms with Crippen LogP contribution in [0.1, 0.15) is 10.4 Å². The lowest BCUT2D eigenvalue weighted by molar-refractivity contribution is 0.102. The predicted octanol–water partition coefficient (Wildman–Crippen LogP) is 3.53. The second kappa shape index (κ2) is 7.45. The van der Waals surface area contributed by atoms with Crippen molar-refractivity contribution >= 4 is 56.5 Å². The molecule has 1 aromatic carbocycles. The zero-order chi connectivity index (χ0) is 18.8. The van der Waals surface area contributed by atoms with Crippen molar-refractivity contribution in [3.8, 4) is 5.69 Å². The van der Waals surface area contributed by atoms with Gasteiger partial charge in [-0.25, -0.2) is 4.98 Å². The maximum absolute atomic E-state index is 12.8. The Morgan fingerprint density at radius 2 is 1.96 bits per heavy atom. The van der Waals surface area contributed by atoms with Crippen molar-refractivity contribution in [1.82, 2.24) is 14.5 Å². The van der Waals surface area contributed by atoms with Gasteiger partial charge in [-0.3, -0.25) is 19.1 Å². The van der Waals surface area contributed by atoms with Crippen molar-refractivity contribution in [2.75, 3.05) is 11.1 Å². The van der Waals surface area contributed by atoms with E-state index in [2.05, 4.69) is 31.2 Å². The number of amides is 1. The second-order valence-electron chi connectivity index (χ2n) is 5.09. The van der Waals surface area contributed by atoms with Crippen molar-refractivity contribution in [2.45, 2.75) is 0 Å². The van der Waals surface area contributed by atoms with E-state index < -0.39 is 11.5 Å². The van der Waals surface area contributed by atoms with Gasteiger partial charge in [-0.1, -0.05) is 39.1 Å². The van der Waals surface area contributed by atoms with E-state index in [1.807, 2.05) is 0 Å². The first-order chi connectivity index (χ1) is 12.4. The number of hydrogen-bond acceptors (Lipinski definition) is 5. The minimum absolute atomic E-state index is 0.199. The first-order valence-corrected chi connectivity index (χ1v) is 8.67. The van der Waals surface area contributed by atoms with E-state index in [9.17, 15) is 9.59 Å². The molecule has 1 amide bonds. The molecule has 2 heterocycles. The Balaban J connectivity index is 2.11. The van der Waals surface area contributed by atoms with Gasteiger partial charge in [0.25, 0.3) is 11.5 Å². The van der Waals surface area contributed by atoms with Crippen LogP contribution in [0.5, 0.6) is 0 Å². The molecule has 0 bridgehead atoms. The highest BCUT2D eigenvalue weighted by Gasteiger charge is 2.21. The summed E-state index contributed by atoms with van der Waals surface area (Å²) in [4.78, 5) is 33.2. The molecule has 0 spiro atoms. The van der Waals surface area contributed by atoms with Gasteiger partial charge in [-0.05, 0) is 24.3 Å². The highest BCUT2D eigenvalue weighted by atomic mass is 79.9. The zero-order valence-electron chi connectivity index (χ0n) is 12.9. The molecule has 3 rings (SSSR count). The summed E-state index contributed by atoms with van der Waals surface area (Å²) in [6, 6.07) is 6.40. The van der Waals surface area contributed by atoms with E-state index in [1.54, 1.807) is 30.5 Å². The number of hydrogen-bond donors (Lipinski definition) is 2. The summed E-state index contributed by atoms with van der Waals surface area (Å²) >= 11 is 15.7. The van der Waals surface area contributed by atoms with Crippen LogP contribution in [-0.2, 0) is 0 Å². The Morgan fingerprint density at radius 1 is 1.27 bits per heavy atom. The van der Waals surface area contributed by atoms with Crippen LogP contribution in [0.4, 0.5) is 11.5 Å². The van der Waals surface area contributed by atoms with Crippen LogP contribution in [0.3, 0.4) is 0 Å². The fourth-order valence-electron chi connectivity index (χ4n) is 2.23. The van der Waals surface area contributed by atoms with Gasteiger partial charge in [0.05, 0.1) is 27.6 Å². The number of halogens is 3. The van der Waals surface area contributed by atoms with Gasteiger partial charge in [-0.2, -0.15) is 0 Å². The second-order valence-corrected chi connectivity index (χ2v) is 6.82. The van der Waals surface area contributed by atoms with Crippen LogP contribution < -0.4 is 16.6 Å². The molecule has 3 N–H and O–H groups in total. The lowest BCUT2D eigenvalue weighted by atomic mass is 10.2. The van der Waals surface area contributed by atoms with Gasteiger partial charge in [0.1, 0.15) is 17.7 Å². The van der Waals surface area contributed by atoms with E-state index in [4.69, 9.17) is 28.9 Å². The number of rotatable bonds is 3. The maximum Gasteiger partial charge on any atom is 0.273 e. The molecular weight excluding hydrogens is 445 g/mol. The highest BCUT2D eigenvalue weighted by Crippen LogP contribution is 2.31. The number of anilines is 2. The highest BCUT2D eigenvalue weighted by molar-refractivity contribution is 9.10. The van der Waals surface area contributed by atoms with Gasteiger partial charge in [0, 0.05) is 10.7 Å². The predicted molar refractivity (Wildman–Crippen MR) is 104 cm³/mol. The van der Waals surface area contributed by atoms with Crippen LogP contribution in [0.2, 0.25) is 10.0 Å². The fraction of sp³-hybridized carbons (Fsp3) is 0. The summed E-state index contributed by atoms with van der Waals surface area (Å²) in [5, 5.41) is 2.96. The summed E-state index contributed by atoms with van der Waals surface area (Å²) in [5.74, 6) is -0.927. The molecular formula is C16H10BrCl2N5O2. The smallest absolute Gasteiger partial charge is 0.273 e. The summed E-state index contributed by atoms with van der Waals surface area (Å²) in [5.41, 5.74) is 5.32. The Kier molecular flexibility index (Phi) is 5.26. The van der Waals surface area contributed by atoms with Crippen molar-refractivity contribution in [2.24, 2.45) is 0 Å². The third kappa shape index (κ3) is 3.57. The summed E-state index contributed by atoms with van der Waals surface area (Å²) in [7, 11) is 0. The SMILES string of the molecule is Nc1ncn(-c2c(Cl)cc(Br)cc2Cl)c(=O)c1C(=O)Nc1cccnc1. The number of benzene rings is 1. The van der Waals surface area contributed by atoms with Crippen LogP contribution in [0.15, 0.2) is 52.3 Å². The maximum atomic E-state index is 12.8. The molecule has 0 radical (unpaired) electrons. The molecule has 0 aliphatic heterocycles. The number of carbonyl (C=O) groups excluding carboxylic acids is 1. The number of nitrogens with two attached hydrogens (primary N) is 1. The molecule has 3 aromatic rings. The number of nitrogens with one attached hydrogen (secondary N) is 1. The third-order valence-corrected chi connectivity index (χ3v) is 4.40. The summed E-state index contributed by atoms with van der Waals surface area (Å²) < 4.78 is 1.72. The number of nitrogen functional groups attached to an aromatic ring is 1. The van der Waals surface area contributed by atoms with Crippen molar-refractivity contribution in [3.05, 3.63) is 73.4 Å². The Labute approximate surface area is 165 Å². The van der Waals surface area contributed by atoms with Gasteiger partial charge < -0.3 is 11.1 Å². The molecule has 0 saturated carbocycles. The Hall–Kier alpha value is -2.42. The fourth-order valence-corrected chi connectivity index (χ4v) is 3.63. The van der Waals surface area contributed by atoms with Gasteiger partial charge in [0.15, 0.2) is 0 Å². The molecule has 7 nitrogen and oxygen atoms in total.